The molecule has 0 fully saturated rings. The van der Waals surface area contributed by atoms with Crippen LogP contribution in [0.4, 0.5) is 11.4 Å². The molecule has 0 amide bonds. The Bertz CT molecular complexity index is 592. The summed E-state index contributed by atoms with van der Waals surface area (Å²) in [6.07, 6.45) is 0. The van der Waals surface area contributed by atoms with Gasteiger partial charge in [-0.25, -0.2) is 13.1 Å². The third kappa shape index (κ3) is 3.88. The van der Waals surface area contributed by atoms with E-state index in [4.69, 9.17) is 5.84 Å². The summed E-state index contributed by atoms with van der Waals surface area (Å²) in [7, 11) is -4.01. The van der Waals surface area contributed by atoms with Crippen molar-refractivity contribution in [3.05, 3.63) is 28.3 Å². The Morgan fingerprint density at radius 2 is 1.89 bits per heavy atom. The summed E-state index contributed by atoms with van der Waals surface area (Å²) in [5, 5.41) is 10.9. The molecule has 0 saturated carbocycles. The summed E-state index contributed by atoms with van der Waals surface area (Å²) < 4.78 is 26.7. The van der Waals surface area contributed by atoms with E-state index >= 15 is 0 Å². The summed E-state index contributed by atoms with van der Waals surface area (Å²) >= 11 is 0. The lowest BCUT2D eigenvalue weighted by molar-refractivity contribution is -0.387. The van der Waals surface area contributed by atoms with Crippen LogP contribution in [0.25, 0.3) is 0 Å². The average Bonchev–Trinajstić information content (AvgIpc) is 2.24. The van der Waals surface area contributed by atoms with Gasteiger partial charge in [0.25, 0.3) is 5.69 Å². The van der Waals surface area contributed by atoms with Crippen molar-refractivity contribution in [1.82, 2.24) is 4.72 Å². The number of hydrogen-bond acceptors (Lipinski definition) is 6. The molecule has 1 aromatic rings. The zero-order chi connectivity index (χ0) is 14.8. The topological polar surface area (TPSA) is 127 Å². The Morgan fingerprint density at radius 3 is 2.32 bits per heavy atom. The maximum Gasteiger partial charge on any atom is 0.289 e. The number of nitrogens with zero attached hydrogens (tertiary/aromatic N) is 1. The molecule has 0 aromatic heterocycles. The lowest BCUT2D eigenvalue weighted by atomic mass is 10.1. The van der Waals surface area contributed by atoms with E-state index in [1.165, 1.54) is 6.07 Å². The van der Waals surface area contributed by atoms with E-state index in [-0.39, 0.29) is 5.69 Å². The van der Waals surface area contributed by atoms with Crippen LogP contribution in [0.15, 0.2) is 23.1 Å². The van der Waals surface area contributed by atoms with Gasteiger partial charge in [-0.2, -0.15) is 0 Å². The Balaban J connectivity index is 3.42. The highest BCUT2D eigenvalue weighted by atomic mass is 32.2. The molecule has 0 spiro atoms. The first-order chi connectivity index (χ1) is 8.57. The molecule has 0 atom stereocenters. The van der Waals surface area contributed by atoms with E-state index in [0.29, 0.717) is 0 Å². The van der Waals surface area contributed by atoms with Gasteiger partial charge < -0.3 is 5.43 Å². The first-order valence-electron chi connectivity index (χ1n) is 5.36. The van der Waals surface area contributed by atoms with Crippen molar-refractivity contribution < 1.29 is 13.3 Å². The molecule has 0 radical (unpaired) electrons. The molecule has 0 saturated heterocycles. The number of nitrogens with two attached hydrogens (primary N) is 1. The molecule has 4 N–H and O–H groups in total. The lowest BCUT2D eigenvalue weighted by Gasteiger charge is -2.20. The summed E-state index contributed by atoms with van der Waals surface area (Å²) in [5.74, 6) is 5.18. The van der Waals surface area contributed by atoms with Gasteiger partial charge in [0.1, 0.15) is 0 Å². The van der Waals surface area contributed by atoms with Gasteiger partial charge in [-0.1, -0.05) is 0 Å². The molecule has 1 aromatic carbocycles. The molecule has 1 rings (SSSR count). The summed E-state index contributed by atoms with van der Waals surface area (Å²) in [6.45, 7) is 4.92. The van der Waals surface area contributed by atoms with Crippen LogP contribution in [-0.4, -0.2) is 18.9 Å². The van der Waals surface area contributed by atoms with Crippen LogP contribution in [0.2, 0.25) is 0 Å². The van der Waals surface area contributed by atoms with E-state index in [1.807, 2.05) is 0 Å². The van der Waals surface area contributed by atoms with E-state index in [2.05, 4.69) is 10.1 Å². The predicted molar refractivity (Wildman–Crippen MR) is 71.0 cm³/mol. The zero-order valence-electron chi connectivity index (χ0n) is 10.8. The van der Waals surface area contributed by atoms with E-state index in [9.17, 15) is 18.5 Å². The number of nitro benzene ring substituents is 1. The number of nitro groups is 1. The minimum absolute atomic E-state index is 0.264. The summed E-state index contributed by atoms with van der Waals surface area (Å²) in [5.41, 5.74) is 1.26. The first-order valence-corrected chi connectivity index (χ1v) is 6.84. The first kappa shape index (κ1) is 15.3. The monoisotopic (exact) mass is 288 g/mol. The van der Waals surface area contributed by atoms with Crippen molar-refractivity contribution >= 4 is 21.4 Å². The minimum Gasteiger partial charge on any atom is -0.324 e. The molecule has 9 heteroatoms. The molecule has 0 unspecified atom stereocenters. The zero-order valence-corrected chi connectivity index (χ0v) is 11.6. The van der Waals surface area contributed by atoms with Gasteiger partial charge in [-0.15, -0.1) is 0 Å². The van der Waals surface area contributed by atoms with Crippen LogP contribution >= 0.6 is 0 Å². The van der Waals surface area contributed by atoms with Gasteiger partial charge >= 0.3 is 0 Å². The largest absolute Gasteiger partial charge is 0.324 e. The fourth-order valence-corrected chi connectivity index (χ4v) is 3.04. The fourth-order valence-electron chi connectivity index (χ4n) is 1.43. The minimum atomic E-state index is -4.01. The van der Waals surface area contributed by atoms with Gasteiger partial charge in [0.2, 0.25) is 10.0 Å². The molecule has 0 aliphatic heterocycles. The molecule has 106 valence electrons. The van der Waals surface area contributed by atoms with Crippen molar-refractivity contribution in [2.45, 2.75) is 31.2 Å². The van der Waals surface area contributed by atoms with E-state index in [0.717, 1.165) is 12.1 Å². The number of rotatable bonds is 4. The Labute approximate surface area is 111 Å². The highest BCUT2D eigenvalue weighted by Crippen LogP contribution is 2.27. The van der Waals surface area contributed by atoms with Crippen LogP contribution in [-0.2, 0) is 10.0 Å². The normalized spacial score (nSPS) is 12.2. The molecule has 0 heterocycles. The van der Waals surface area contributed by atoms with Gasteiger partial charge in [-0.3, -0.25) is 16.0 Å². The second-order valence-corrected chi connectivity index (χ2v) is 6.59. The standard InChI is InChI=1S/C10H16N4O4S/c1-10(2,3)13-19(17,18)9-6-7(12-11)4-5-8(9)14(15)16/h4-6,12-13H,11H2,1-3H3. The summed E-state index contributed by atoms with van der Waals surface area (Å²) in [6, 6.07) is 3.53. The highest BCUT2D eigenvalue weighted by Gasteiger charge is 2.29. The van der Waals surface area contributed by atoms with Crippen LogP contribution in [0.5, 0.6) is 0 Å². The quantitative estimate of drug-likeness (QED) is 0.430. The average molecular weight is 288 g/mol. The molecule has 8 nitrogen and oxygen atoms in total. The van der Waals surface area contributed by atoms with Crippen LogP contribution in [0, 0.1) is 10.1 Å². The van der Waals surface area contributed by atoms with E-state index in [1.54, 1.807) is 20.8 Å². The van der Waals surface area contributed by atoms with Crippen molar-refractivity contribution in [3.8, 4) is 0 Å². The maximum absolute atomic E-state index is 12.2. The number of hydrogen-bond donors (Lipinski definition) is 3. The van der Waals surface area contributed by atoms with Gasteiger partial charge in [0.15, 0.2) is 4.90 Å². The highest BCUT2D eigenvalue weighted by molar-refractivity contribution is 7.89. The fraction of sp³-hybridized carbons (Fsp3) is 0.400. The number of nitrogen functional groups attached to an aromatic ring is 1. The summed E-state index contributed by atoms with van der Waals surface area (Å²) in [4.78, 5) is 9.71. The number of nitrogens with one attached hydrogen (secondary N) is 2. The van der Waals surface area contributed by atoms with Crippen molar-refractivity contribution in [2.75, 3.05) is 5.43 Å². The van der Waals surface area contributed by atoms with Gasteiger partial charge in [0, 0.05) is 11.6 Å². The third-order valence-corrected chi connectivity index (χ3v) is 3.84. The molecule has 0 aliphatic rings. The van der Waals surface area contributed by atoms with Crippen LogP contribution < -0.4 is 16.0 Å². The second-order valence-electron chi connectivity index (χ2n) is 4.94. The van der Waals surface area contributed by atoms with Gasteiger partial charge in [-0.05, 0) is 32.9 Å². The molecular formula is C10H16N4O4S. The molecule has 19 heavy (non-hydrogen) atoms. The molecular weight excluding hydrogens is 272 g/mol. The Hall–Kier alpha value is -1.71. The second kappa shape index (κ2) is 5.11. The molecule has 0 aliphatic carbocycles. The van der Waals surface area contributed by atoms with Crippen LogP contribution in [0.3, 0.4) is 0 Å². The van der Waals surface area contributed by atoms with Crippen molar-refractivity contribution in [3.63, 3.8) is 0 Å². The number of benzene rings is 1. The lowest BCUT2D eigenvalue weighted by Crippen LogP contribution is -2.40. The third-order valence-electron chi connectivity index (χ3n) is 2.05. The number of anilines is 1. The number of sulfonamides is 1. The number of hydrazine groups is 1. The van der Waals surface area contributed by atoms with Gasteiger partial charge in [0.05, 0.1) is 10.6 Å². The maximum atomic E-state index is 12.2. The Morgan fingerprint density at radius 1 is 1.32 bits per heavy atom. The Kier molecular flexibility index (Phi) is 4.13. The smallest absolute Gasteiger partial charge is 0.289 e. The SMILES string of the molecule is CC(C)(C)NS(=O)(=O)c1cc(NN)ccc1[N+](=O)[O-]. The van der Waals surface area contributed by atoms with Crippen molar-refractivity contribution in [1.29, 1.82) is 0 Å². The predicted octanol–water partition coefficient (Wildman–Crippen LogP) is 0.957. The van der Waals surface area contributed by atoms with Crippen molar-refractivity contribution in [2.24, 2.45) is 5.84 Å². The van der Waals surface area contributed by atoms with E-state index < -0.39 is 31.1 Å². The molecule has 0 bridgehead atoms. The van der Waals surface area contributed by atoms with Crippen LogP contribution in [0.1, 0.15) is 20.8 Å².